The average molecular weight is 361 g/mol. The summed E-state index contributed by atoms with van der Waals surface area (Å²) in [6.07, 6.45) is 6.93. The Hall–Kier alpha value is -0.680. The van der Waals surface area contributed by atoms with Gasteiger partial charge < -0.3 is 5.11 Å². The van der Waals surface area contributed by atoms with Crippen molar-refractivity contribution in [1.29, 1.82) is 0 Å². The van der Waals surface area contributed by atoms with E-state index < -0.39 is 16.8 Å². The summed E-state index contributed by atoms with van der Waals surface area (Å²) in [4.78, 5) is 11.6. The highest BCUT2D eigenvalue weighted by atomic mass is 79.9. The lowest BCUT2D eigenvalue weighted by atomic mass is 10.1. The van der Waals surface area contributed by atoms with Gasteiger partial charge in [0, 0.05) is 15.1 Å². The summed E-state index contributed by atoms with van der Waals surface area (Å²) >= 11 is 3.19. The van der Waals surface area contributed by atoms with Crippen LogP contribution in [-0.4, -0.2) is 21.0 Å². The highest BCUT2D eigenvalue weighted by molar-refractivity contribution is 9.10. The van der Waals surface area contributed by atoms with Gasteiger partial charge in [0.05, 0.1) is 16.4 Å². The quantitative estimate of drug-likeness (QED) is 0.653. The van der Waals surface area contributed by atoms with Crippen LogP contribution in [0, 0.1) is 0 Å². The first-order valence-corrected chi connectivity index (χ1v) is 9.08. The third-order valence-electron chi connectivity index (χ3n) is 3.11. The van der Waals surface area contributed by atoms with Crippen LogP contribution in [0.4, 0.5) is 0 Å². The number of hydrogen-bond donors (Lipinski definition) is 1. The number of halogens is 1. The van der Waals surface area contributed by atoms with Crippen molar-refractivity contribution in [3.8, 4) is 0 Å². The molecule has 0 aliphatic heterocycles. The second kappa shape index (κ2) is 9.29. The molecule has 1 unspecified atom stereocenters. The van der Waals surface area contributed by atoms with Gasteiger partial charge in [0.15, 0.2) is 0 Å². The van der Waals surface area contributed by atoms with Crippen LogP contribution in [0.15, 0.2) is 27.6 Å². The first-order valence-electron chi connectivity index (χ1n) is 6.97. The number of benzene rings is 1. The lowest BCUT2D eigenvalue weighted by molar-refractivity contribution is 0.0695. The Kier molecular flexibility index (Phi) is 8.07. The van der Waals surface area contributed by atoms with Crippen LogP contribution in [0.3, 0.4) is 0 Å². The Morgan fingerprint density at radius 3 is 2.50 bits per heavy atom. The molecule has 0 bridgehead atoms. The van der Waals surface area contributed by atoms with E-state index >= 15 is 0 Å². The molecule has 0 saturated heterocycles. The van der Waals surface area contributed by atoms with Crippen LogP contribution in [-0.2, 0) is 10.8 Å². The van der Waals surface area contributed by atoms with Gasteiger partial charge in [-0.05, 0) is 40.5 Å². The zero-order chi connectivity index (χ0) is 15.0. The van der Waals surface area contributed by atoms with Crippen LogP contribution >= 0.6 is 15.9 Å². The maximum absolute atomic E-state index is 12.1. The molecular weight excluding hydrogens is 340 g/mol. The minimum absolute atomic E-state index is 0.166. The standard InChI is InChI=1S/C15H21BrO3S/c1-2-3-4-5-6-7-10-20(19)12-8-9-14(16)13(11-12)15(17)18/h8-9,11H,2-7,10H2,1H3,(H,17,18). The molecular formula is C15H21BrO3S. The van der Waals surface area contributed by atoms with Gasteiger partial charge in [0.1, 0.15) is 0 Å². The van der Waals surface area contributed by atoms with Gasteiger partial charge in [-0.2, -0.15) is 0 Å². The van der Waals surface area contributed by atoms with Gasteiger partial charge in [-0.1, -0.05) is 39.0 Å². The van der Waals surface area contributed by atoms with E-state index in [2.05, 4.69) is 22.9 Å². The second-order valence-electron chi connectivity index (χ2n) is 4.76. The molecule has 5 heteroatoms. The molecule has 0 radical (unpaired) electrons. The molecule has 1 N–H and O–H groups in total. The van der Waals surface area contributed by atoms with Gasteiger partial charge in [-0.15, -0.1) is 0 Å². The van der Waals surface area contributed by atoms with E-state index in [-0.39, 0.29) is 5.56 Å². The predicted molar refractivity (Wildman–Crippen MR) is 85.8 cm³/mol. The van der Waals surface area contributed by atoms with E-state index in [4.69, 9.17) is 5.11 Å². The molecule has 0 aromatic heterocycles. The smallest absolute Gasteiger partial charge is 0.336 e. The zero-order valence-electron chi connectivity index (χ0n) is 11.7. The summed E-state index contributed by atoms with van der Waals surface area (Å²) < 4.78 is 12.6. The van der Waals surface area contributed by atoms with Crippen LogP contribution in [0.1, 0.15) is 55.8 Å². The summed E-state index contributed by atoms with van der Waals surface area (Å²) in [5.74, 6) is -0.400. The van der Waals surface area contributed by atoms with E-state index in [0.717, 1.165) is 12.8 Å². The van der Waals surface area contributed by atoms with Gasteiger partial charge in [0.2, 0.25) is 0 Å². The lowest BCUT2D eigenvalue weighted by Gasteiger charge is -2.05. The highest BCUT2D eigenvalue weighted by Crippen LogP contribution is 2.21. The Morgan fingerprint density at radius 2 is 1.85 bits per heavy atom. The molecule has 0 saturated carbocycles. The first-order chi connectivity index (χ1) is 9.56. The molecule has 1 aromatic carbocycles. The zero-order valence-corrected chi connectivity index (χ0v) is 14.1. The van der Waals surface area contributed by atoms with Crippen LogP contribution in [0.5, 0.6) is 0 Å². The van der Waals surface area contributed by atoms with Crippen LogP contribution < -0.4 is 0 Å². The molecule has 1 atom stereocenters. The SMILES string of the molecule is CCCCCCCCS(=O)c1ccc(Br)c(C(=O)O)c1. The Labute approximate surface area is 131 Å². The number of unbranched alkanes of at least 4 members (excludes halogenated alkanes) is 5. The fourth-order valence-electron chi connectivity index (χ4n) is 1.94. The van der Waals surface area contributed by atoms with E-state index in [1.807, 2.05) is 0 Å². The Balaban J connectivity index is 2.47. The fraction of sp³-hybridized carbons (Fsp3) is 0.533. The normalized spacial score (nSPS) is 12.3. The Morgan fingerprint density at radius 1 is 1.20 bits per heavy atom. The molecule has 1 rings (SSSR count). The topological polar surface area (TPSA) is 54.4 Å². The largest absolute Gasteiger partial charge is 0.478 e. The van der Waals surface area contributed by atoms with E-state index in [0.29, 0.717) is 15.1 Å². The van der Waals surface area contributed by atoms with Crippen LogP contribution in [0.25, 0.3) is 0 Å². The molecule has 0 aliphatic carbocycles. The van der Waals surface area contributed by atoms with Crippen molar-refractivity contribution in [2.24, 2.45) is 0 Å². The van der Waals surface area contributed by atoms with Gasteiger partial charge in [-0.25, -0.2) is 4.79 Å². The molecule has 112 valence electrons. The summed E-state index contributed by atoms with van der Waals surface area (Å²) in [6, 6.07) is 4.88. The number of rotatable bonds is 9. The summed E-state index contributed by atoms with van der Waals surface area (Å²) in [6.45, 7) is 2.18. The number of carboxylic acid groups (broad SMARTS) is 1. The second-order valence-corrected chi connectivity index (χ2v) is 7.19. The van der Waals surface area contributed by atoms with Crippen LogP contribution in [0.2, 0.25) is 0 Å². The van der Waals surface area contributed by atoms with E-state index in [1.165, 1.54) is 31.7 Å². The van der Waals surface area contributed by atoms with Crippen molar-refractivity contribution < 1.29 is 14.1 Å². The maximum atomic E-state index is 12.1. The average Bonchev–Trinajstić information content (AvgIpc) is 2.42. The predicted octanol–water partition coefficient (Wildman–Crippen LogP) is 4.62. The molecule has 0 amide bonds. The molecule has 0 aliphatic rings. The van der Waals surface area contributed by atoms with Gasteiger partial charge in [-0.3, -0.25) is 4.21 Å². The molecule has 0 heterocycles. The third kappa shape index (κ3) is 5.75. The summed E-state index contributed by atoms with van der Waals surface area (Å²) in [5, 5.41) is 9.04. The van der Waals surface area contributed by atoms with Crippen molar-refractivity contribution in [3.63, 3.8) is 0 Å². The monoisotopic (exact) mass is 360 g/mol. The number of hydrogen-bond acceptors (Lipinski definition) is 2. The lowest BCUT2D eigenvalue weighted by Crippen LogP contribution is -2.03. The van der Waals surface area contributed by atoms with E-state index in [9.17, 15) is 9.00 Å². The van der Waals surface area contributed by atoms with Gasteiger partial charge >= 0.3 is 5.97 Å². The minimum Gasteiger partial charge on any atom is -0.478 e. The molecule has 0 fully saturated rings. The summed E-state index contributed by atoms with van der Waals surface area (Å²) in [7, 11) is -1.11. The van der Waals surface area contributed by atoms with Crippen molar-refractivity contribution >= 4 is 32.7 Å². The fourth-order valence-corrected chi connectivity index (χ4v) is 3.53. The molecule has 1 aromatic rings. The number of carboxylic acids is 1. The molecule has 20 heavy (non-hydrogen) atoms. The van der Waals surface area contributed by atoms with E-state index in [1.54, 1.807) is 12.1 Å². The highest BCUT2D eigenvalue weighted by Gasteiger charge is 2.12. The number of aromatic carboxylic acids is 1. The maximum Gasteiger partial charge on any atom is 0.336 e. The minimum atomic E-state index is -1.11. The number of carbonyl (C=O) groups is 1. The van der Waals surface area contributed by atoms with Crippen molar-refractivity contribution in [2.75, 3.05) is 5.75 Å². The molecule has 0 spiro atoms. The van der Waals surface area contributed by atoms with Crippen molar-refractivity contribution in [3.05, 3.63) is 28.2 Å². The van der Waals surface area contributed by atoms with Crippen molar-refractivity contribution in [2.45, 2.75) is 50.3 Å². The van der Waals surface area contributed by atoms with Gasteiger partial charge in [0.25, 0.3) is 0 Å². The van der Waals surface area contributed by atoms with Crippen molar-refractivity contribution in [1.82, 2.24) is 0 Å². The first kappa shape index (κ1) is 17.4. The Bertz CT molecular complexity index is 474. The summed E-state index contributed by atoms with van der Waals surface area (Å²) in [5.41, 5.74) is 0.166. The third-order valence-corrected chi connectivity index (χ3v) is 5.25. The molecule has 3 nitrogen and oxygen atoms in total.